The Morgan fingerprint density at radius 2 is 1.30 bits per heavy atom. The van der Waals surface area contributed by atoms with Gasteiger partial charge in [-0.25, -0.2) is 13.6 Å². The summed E-state index contributed by atoms with van der Waals surface area (Å²) < 4.78 is 36.9. The zero-order valence-electron chi connectivity index (χ0n) is 17.0. The maximum absolute atomic E-state index is 13.5. The number of esters is 2. The molecular formula is C24H24F2O4. The van der Waals surface area contributed by atoms with E-state index in [2.05, 4.69) is 0 Å². The summed E-state index contributed by atoms with van der Waals surface area (Å²) in [4.78, 5) is 23.8. The van der Waals surface area contributed by atoms with Crippen LogP contribution in [0.25, 0.3) is 11.1 Å². The maximum atomic E-state index is 13.5. The van der Waals surface area contributed by atoms with E-state index in [0.717, 1.165) is 0 Å². The smallest absolute Gasteiger partial charge is 0.330 e. The van der Waals surface area contributed by atoms with Crippen molar-refractivity contribution in [2.24, 2.45) is 0 Å². The molecule has 0 bridgehead atoms. The third-order valence-corrected chi connectivity index (χ3v) is 4.23. The molecule has 0 atom stereocenters. The number of rotatable bonds is 9. The number of carbonyl (C=O) groups is 2. The summed E-state index contributed by atoms with van der Waals surface area (Å²) in [7, 11) is 0. The average molecular weight is 414 g/mol. The molecule has 0 aliphatic rings. The lowest BCUT2D eigenvalue weighted by Crippen LogP contribution is -2.05. The Labute approximate surface area is 174 Å². The highest BCUT2D eigenvalue weighted by atomic mass is 19.1. The number of allylic oxidation sites excluding steroid dienone is 3. The van der Waals surface area contributed by atoms with E-state index in [1.165, 1.54) is 30.3 Å². The molecule has 0 saturated carbocycles. The Morgan fingerprint density at radius 1 is 0.767 bits per heavy atom. The summed E-state index contributed by atoms with van der Waals surface area (Å²) in [6.07, 6.45) is 3.22. The Morgan fingerprint density at radius 3 is 1.83 bits per heavy atom. The quantitative estimate of drug-likeness (QED) is 0.241. The lowest BCUT2D eigenvalue weighted by Gasteiger charge is -2.14. The summed E-state index contributed by atoms with van der Waals surface area (Å²) in [6.45, 7) is 3.92. The van der Waals surface area contributed by atoms with E-state index >= 15 is 0 Å². The van der Waals surface area contributed by atoms with Gasteiger partial charge in [-0.3, -0.25) is 4.79 Å². The van der Waals surface area contributed by atoms with Crippen LogP contribution in [0.15, 0.2) is 60.7 Å². The number of benzene rings is 2. The van der Waals surface area contributed by atoms with E-state index in [1.807, 2.05) is 0 Å². The van der Waals surface area contributed by atoms with E-state index < -0.39 is 17.6 Å². The van der Waals surface area contributed by atoms with Crippen LogP contribution in [0.3, 0.4) is 0 Å². The van der Waals surface area contributed by atoms with Crippen LogP contribution in [-0.2, 0) is 19.1 Å². The van der Waals surface area contributed by atoms with Crippen molar-refractivity contribution in [3.05, 3.63) is 83.4 Å². The molecule has 2 rings (SSSR count). The van der Waals surface area contributed by atoms with Crippen LogP contribution < -0.4 is 0 Å². The topological polar surface area (TPSA) is 52.6 Å². The Bertz CT molecular complexity index is 913. The van der Waals surface area contributed by atoms with Gasteiger partial charge in [0.1, 0.15) is 11.6 Å². The van der Waals surface area contributed by atoms with E-state index in [4.69, 9.17) is 9.47 Å². The van der Waals surface area contributed by atoms with E-state index in [9.17, 15) is 18.4 Å². The van der Waals surface area contributed by atoms with Crippen molar-refractivity contribution in [1.82, 2.24) is 0 Å². The zero-order chi connectivity index (χ0) is 21.9. The first-order valence-corrected chi connectivity index (χ1v) is 9.70. The fourth-order valence-electron chi connectivity index (χ4n) is 2.89. The second kappa shape index (κ2) is 11.7. The fraction of sp³-hybridized carbons (Fsp3) is 0.250. The van der Waals surface area contributed by atoms with Gasteiger partial charge >= 0.3 is 11.9 Å². The minimum absolute atomic E-state index is 0.0957. The second-order valence-corrected chi connectivity index (χ2v) is 6.30. The zero-order valence-corrected chi connectivity index (χ0v) is 17.0. The summed E-state index contributed by atoms with van der Waals surface area (Å²) in [5.41, 5.74) is 2.60. The predicted molar refractivity (Wildman–Crippen MR) is 111 cm³/mol. The Kier molecular flexibility index (Phi) is 8.94. The van der Waals surface area contributed by atoms with E-state index in [1.54, 1.807) is 44.2 Å². The van der Waals surface area contributed by atoms with Gasteiger partial charge < -0.3 is 9.47 Å². The standard InChI is InChI=1S/C24H24F2O4/c1-3-29-23(27)15-13-21(17-5-9-19(25)10-6-17)22(14-16-24(28)30-4-2)18-7-11-20(26)12-8-18/h5-13,15H,3-4,14,16H2,1-2H3/b15-13+,22-21-. The van der Waals surface area contributed by atoms with Crippen molar-refractivity contribution in [3.8, 4) is 0 Å². The highest BCUT2D eigenvalue weighted by Gasteiger charge is 2.14. The molecule has 2 aromatic rings. The number of carbonyl (C=O) groups excluding carboxylic acids is 2. The number of ether oxygens (including phenoxy) is 2. The molecule has 0 radical (unpaired) electrons. The van der Waals surface area contributed by atoms with Crippen LogP contribution in [-0.4, -0.2) is 25.2 Å². The normalized spacial score (nSPS) is 11.9. The molecule has 6 heteroatoms. The molecule has 2 aromatic carbocycles. The van der Waals surface area contributed by atoms with Gasteiger partial charge in [-0.05, 0) is 72.9 Å². The molecular weight excluding hydrogens is 390 g/mol. The lowest BCUT2D eigenvalue weighted by atomic mass is 9.91. The third kappa shape index (κ3) is 6.95. The predicted octanol–water partition coefficient (Wildman–Crippen LogP) is 5.34. The molecule has 0 aliphatic heterocycles. The van der Waals surface area contributed by atoms with Crippen molar-refractivity contribution in [2.45, 2.75) is 26.7 Å². The molecule has 4 nitrogen and oxygen atoms in total. The van der Waals surface area contributed by atoms with Crippen molar-refractivity contribution in [1.29, 1.82) is 0 Å². The maximum Gasteiger partial charge on any atom is 0.330 e. The molecule has 0 heterocycles. The lowest BCUT2D eigenvalue weighted by molar-refractivity contribution is -0.143. The summed E-state index contributed by atoms with van der Waals surface area (Å²) >= 11 is 0. The molecule has 0 spiro atoms. The first-order valence-electron chi connectivity index (χ1n) is 9.70. The van der Waals surface area contributed by atoms with Crippen molar-refractivity contribution in [2.75, 3.05) is 13.2 Å². The first-order chi connectivity index (χ1) is 14.4. The summed E-state index contributed by atoms with van der Waals surface area (Å²) in [5.74, 6) is -1.69. The van der Waals surface area contributed by atoms with E-state index in [-0.39, 0.29) is 32.0 Å². The van der Waals surface area contributed by atoms with Gasteiger partial charge in [-0.15, -0.1) is 0 Å². The van der Waals surface area contributed by atoms with Crippen molar-refractivity contribution in [3.63, 3.8) is 0 Å². The first kappa shape index (κ1) is 23.0. The monoisotopic (exact) mass is 414 g/mol. The largest absolute Gasteiger partial charge is 0.466 e. The Balaban J connectivity index is 2.58. The third-order valence-electron chi connectivity index (χ3n) is 4.23. The van der Waals surface area contributed by atoms with Crippen LogP contribution in [0.2, 0.25) is 0 Å². The minimum Gasteiger partial charge on any atom is -0.466 e. The number of hydrogen-bond donors (Lipinski definition) is 0. The van der Waals surface area contributed by atoms with Gasteiger partial charge in [-0.1, -0.05) is 24.3 Å². The van der Waals surface area contributed by atoms with Gasteiger partial charge in [0.25, 0.3) is 0 Å². The summed E-state index contributed by atoms with van der Waals surface area (Å²) in [6, 6.07) is 11.6. The van der Waals surface area contributed by atoms with Crippen LogP contribution in [0.4, 0.5) is 8.78 Å². The van der Waals surface area contributed by atoms with Gasteiger partial charge in [0.15, 0.2) is 0 Å². The Hall–Kier alpha value is -3.28. The molecule has 0 N–H and O–H groups in total. The minimum atomic E-state index is -0.527. The van der Waals surface area contributed by atoms with Crippen LogP contribution in [0.5, 0.6) is 0 Å². The van der Waals surface area contributed by atoms with Gasteiger partial charge in [-0.2, -0.15) is 0 Å². The summed E-state index contributed by atoms with van der Waals surface area (Å²) in [5, 5.41) is 0. The molecule has 0 saturated heterocycles. The highest BCUT2D eigenvalue weighted by Crippen LogP contribution is 2.32. The van der Waals surface area contributed by atoms with Crippen molar-refractivity contribution < 1.29 is 27.8 Å². The molecule has 30 heavy (non-hydrogen) atoms. The van der Waals surface area contributed by atoms with Crippen LogP contribution >= 0.6 is 0 Å². The van der Waals surface area contributed by atoms with Crippen LogP contribution in [0, 0.1) is 11.6 Å². The highest BCUT2D eigenvalue weighted by molar-refractivity contribution is 5.98. The fourth-order valence-corrected chi connectivity index (χ4v) is 2.89. The molecule has 0 amide bonds. The average Bonchev–Trinajstić information content (AvgIpc) is 2.72. The SMILES string of the molecule is CCOC(=O)/C=C/C(=C(\CCC(=O)OCC)c1ccc(F)cc1)c1ccc(F)cc1. The molecule has 0 aliphatic carbocycles. The van der Waals surface area contributed by atoms with Crippen LogP contribution in [0.1, 0.15) is 37.8 Å². The molecule has 0 aromatic heterocycles. The van der Waals surface area contributed by atoms with Gasteiger partial charge in [0.05, 0.1) is 13.2 Å². The van der Waals surface area contributed by atoms with E-state index in [0.29, 0.717) is 22.3 Å². The van der Waals surface area contributed by atoms with Crippen molar-refractivity contribution >= 4 is 23.1 Å². The number of halogens is 2. The van der Waals surface area contributed by atoms with Gasteiger partial charge in [0.2, 0.25) is 0 Å². The second-order valence-electron chi connectivity index (χ2n) is 6.30. The molecule has 0 fully saturated rings. The van der Waals surface area contributed by atoms with Gasteiger partial charge in [0, 0.05) is 12.5 Å². The number of hydrogen-bond acceptors (Lipinski definition) is 4. The molecule has 0 unspecified atom stereocenters. The molecule has 158 valence electrons.